The minimum Gasteiger partial charge on any atom is -0.489 e. The van der Waals surface area contributed by atoms with Gasteiger partial charge in [-0.1, -0.05) is 0 Å². The smallest absolute Gasteiger partial charge is 0.307 e. The molecular formula is C18H18F2N2O4. The van der Waals surface area contributed by atoms with E-state index in [1.54, 1.807) is 6.92 Å². The number of methoxy groups -OCH3 is 1. The summed E-state index contributed by atoms with van der Waals surface area (Å²) in [4.78, 5) is 19.8. The first-order valence-electron chi connectivity index (χ1n) is 7.99. The third-order valence-corrected chi connectivity index (χ3v) is 4.53. The highest BCUT2D eigenvalue weighted by Crippen LogP contribution is 2.55. The first-order chi connectivity index (χ1) is 12.4. The van der Waals surface area contributed by atoms with Crippen molar-refractivity contribution in [3.63, 3.8) is 0 Å². The molecule has 0 aliphatic heterocycles. The average molecular weight is 364 g/mol. The molecule has 1 N–H and O–H groups in total. The molecule has 26 heavy (non-hydrogen) atoms. The number of hydrogen-bond donors (Lipinski definition) is 1. The molecule has 1 aliphatic rings. The largest absolute Gasteiger partial charge is 0.489 e. The Bertz CT molecular complexity index is 826. The van der Waals surface area contributed by atoms with Gasteiger partial charge in [0.2, 0.25) is 0 Å². The van der Waals surface area contributed by atoms with E-state index in [4.69, 9.17) is 9.47 Å². The van der Waals surface area contributed by atoms with Gasteiger partial charge in [0, 0.05) is 18.6 Å². The molecule has 1 heterocycles. The standard InChI is InChI=1S/C18H18F2N2O4/c1-10-21-7-16(15(22-10)8-25-2)26-9-18(6-14(18)17(23)24)11-3-12(19)5-13(20)4-11/h3-5,7,14H,6,8-9H2,1-2H3,(H,23,24)/t14-,18+/m0/s1. The molecule has 0 saturated heterocycles. The van der Waals surface area contributed by atoms with Gasteiger partial charge >= 0.3 is 5.97 Å². The molecule has 1 saturated carbocycles. The molecule has 1 fully saturated rings. The summed E-state index contributed by atoms with van der Waals surface area (Å²) in [6.07, 6.45) is 1.71. The Morgan fingerprint density at radius 3 is 2.62 bits per heavy atom. The fourth-order valence-corrected chi connectivity index (χ4v) is 3.11. The van der Waals surface area contributed by atoms with Crippen LogP contribution in [-0.4, -0.2) is 34.8 Å². The number of aliphatic carboxylic acids is 1. The molecule has 138 valence electrons. The van der Waals surface area contributed by atoms with Gasteiger partial charge < -0.3 is 14.6 Å². The Balaban J connectivity index is 1.89. The van der Waals surface area contributed by atoms with E-state index in [9.17, 15) is 18.7 Å². The second kappa shape index (κ2) is 6.95. The van der Waals surface area contributed by atoms with Crippen molar-refractivity contribution in [1.82, 2.24) is 9.97 Å². The zero-order valence-electron chi connectivity index (χ0n) is 14.3. The van der Waals surface area contributed by atoms with Gasteiger partial charge in [0.25, 0.3) is 0 Å². The van der Waals surface area contributed by atoms with E-state index in [0.29, 0.717) is 17.3 Å². The Hall–Kier alpha value is -2.61. The van der Waals surface area contributed by atoms with Gasteiger partial charge in [-0.2, -0.15) is 0 Å². The molecule has 1 aliphatic carbocycles. The summed E-state index contributed by atoms with van der Waals surface area (Å²) in [6.45, 7) is 1.86. The molecule has 3 rings (SSSR count). The zero-order valence-corrected chi connectivity index (χ0v) is 14.3. The minimum atomic E-state index is -1.03. The average Bonchev–Trinajstić information content (AvgIpc) is 3.30. The monoisotopic (exact) mass is 364 g/mol. The zero-order chi connectivity index (χ0) is 18.9. The van der Waals surface area contributed by atoms with Crippen LogP contribution in [0.1, 0.15) is 23.5 Å². The van der Waals surface area contributed by atoms with Crippen LogP contribution in [0.5, 0.6) is 5.75 Å². The molecule has 8 heteroatoms. The minimum absolute atomic E-state index is 0.0595. The lowest BCUT2D eigenvalue weighted by atomic mass is 9.93. The van der Waals surface area contributed by atoms with Crippen LogP contribution in [0.25, 0.3) is 0 Å². The van der Waals surface area contributed by atoms with Crippen LogP contribution in [0.3, 0.4) is 0 Å². The maximum absolute atomic E-state index is 13.6. The van der Waals surface area contributed by atoms with Gasteiger partial charge in [-0.15, -0.1) is 0 Å². The molecule has 2 aromatic rings. The molecule has 6 nitrogen and oxygen atoms in total. The van der Waals surface area contributed by atoms with E-state index in [-0.39, 0.29) is 25.2 Å². The third-order valence-electron chi connectivity index (χ3n) is 4.53. The summed E-state index contributed by atoms with van der Waals surface area (Å²) >= 11 is 0. The van der Waals surface area contributed by atoms with Gasteiger partial charge in [-0.05, 0) is 31.0 Å². The fourth-order valence-electron chi connectivity index (χ4n) is 3.11. The maximum Gasteiger partial charge on any atom is 0.307 e. The number of benzene rings is 1. The molecule has 0 radical (unpaired) electrons. The quantitative estimate of drug-likeness (QED) is 0.813. The number of carbonyl (C=O) groups is 1. The van der Waals surface area contributed by atoms with Crippen LogP contribution in [0.15, 0.2) is 24.4 Å². The number of halogens is 2. The number of carboxylic acids is 1. The topological polar surface area (TPSA) is 81.5 Å². The van der Waals surface area contributed by atoms with Crippen molar-refractivity contribution in [2.24, 2.45) is 5.92 Å². The van der Waals surface area contributed by atoms with Gasteiger partial charge in [0.05, 0.1) is 25.3 Å². The Kier molecular flexibility index (Phi) is 4.86. The van der Waals surface area contributed by atoms with Crippen LogP contribution in [0.2, 0.25) is 0 Å². The van der Waals surface area contributed by atoms with Crippen LogP contribution in [-0.2, 0) is 21.6 Å². The van der Waals surface area contributed by atoms with Gasteiger partial charge in [0.15, 0.2) is 5.75 Å². The number of rotatable bonds is 7. The molecule has 0 unspecified atom stereocenters. The summed E-state index contributed by atoms with van der Waals surface area (Å²) < 4.78 is 38.1. The van der Waals surface area contributed by atoms with E-state index in [1.165, 1.54) is 13.3 Å². The summed E-state index contributed by atoms with van der Waals surface area (Å²) in [7, 11) is 1.51. The van der Waals surface area contributed by atoms with Crippen LogP contribution < -0.4 is 4.74 Å². The first-order valence-corrected chi connectivity index (χ1v) is 7.99. The molecular weight excluding hydrogens is 346 g/mol. The molecule has 0 spiro atoms. The number of carboxylic acid groups (broad SMARTS) is 1. The second-order valence-corrected chi connectivity index (χ2v) is 6.36. The van der Waals surface area contributed by atoms with E-state index in [2.05, 4.69) is 9.97 Å². The second-order valence-electron chi connectivity index (χ2n) is 6.36. The predicted octanol–water partition coefficient (Wildman–Crippen LogP) is 2.63. The Labute approximate surface area is 148 Å². The number of aryl methyl sites for hydroxylation is 1. The first kappa shape index (κ1) is 18.2. The summed E-state index contributed by atoms with van der Waals surface area (Å²) in [6, 6.07) is 3.05. The van der Waals surface area contributed by atoms with Gasteiger partial charge in [-0.3, -0.25) is 4.79 Å². The van der Waals surface area contributed by atoms with E-state index < -0.39 is 28.9 Å². The molecule has 0 amide bonds. The number of nitrogens with zero attached hydrogens (tertiary/aromatic N) is 2. The van der Waals surface area contributed by atoms with Crippen molar-refractivity contribution in [3.8, 4) is 5.75 Å². The maximum atomic E-state index is 13.6. The molecule has 2 atom stereocenters. The molecule has 0 bridgehead atoms. The predicted molar refractivity (Wildman–Crippen MR) is 86.8 cm³/mol. The SMILES string of the molecule is COCc1nc(C)ncc1OC[C@@]1(c2cc(F)cc(F)c2)C[C@H]1C(=O)O. The normalized spacial score (nSPS) is 21.5. The van der Waals surface area contributed by atoms with E-state index >= 15 is 0 Å². The Morgan fingerprint density at radius 2 is 2.04 bits per heavy atom. The van der Waals surface area contributed by atoms with Crippen molar-refractivity contribution in [3.05, 3.63) is 53.1 Å². The fraction of sp³-hybridized carbons (Fsp3) is 0.389. The van der Waals surface area contributed by atoms with E-state index in [1.807, 2.05) is 0 Å². The van der Waals surface area contributed by atoms with Crippen molar-refractivity contribution in [2.45, 2.75) is 25.4 Å². The highest BCUT2D eigenvalue weighted by atomic mass is 19.1. The van der Waals surface area contributed by atoms with Crippen molar-refractivity contribution < 1.29 is 28.2 Å². The lowest BCUT2D eigenvalue weighted by molar-refractivity contribution is -0.139. The van der Waals surface area contributed by atoms with Crippen molar-refractivity contribution in [2.75, 3.05) is 13.7 Å². The lowest BCUT2D eigenvalue weighted by Crippen LogP contribution is -2.24. The van der Waals surface area contributed by atoms with Gasteiger partial charge in [-0.25, -0.2) is 18.7 Å². The summed E-state index contributed by atoms with van der Waals surface area (Å²) in [5.41, 5.74) is -0.207. The van der Waals surface area contributed by atoms with Crippen molar-refractivity contribution >= 4 is 5.97 Å². The highest BCUT2D eigenvalue weighted by molar-refractivity contribution is 5.77. The van der Waals surface area contributed by atoms with Crippen LogP contribution >= 0.6 is 0 Å². The van der Waals surface area contributed by atoms with Crippen molar-refractivity contribution in [1.29, 1.82) is 0 Å². The molecule has 1 aromatic carbocycles. The number of hydrogen-bond acceptors (Lipinski definition) is 5. The lowest BCUT2D eigenvalue weighted by Gasteiger charge is -2.19. The Morgan fingerprint density at radius 1 is 1.35 bits per heavy atom. The third kappa shape index (κ3) is 3.50. The summed E-state index contributed by atoms with van der Waals surface area (Å²) in [5, 5.41) is 9.37. The van der Waals surface area contributed by atoms with E-state index in [0.717, 1.165) is 18.2 Å². The van der Waals surface area contributed by atoms with Crippen LogP contribution in [0, 0.1) is 24.5 Å². The van der Waals surface area contributed by atoms with Crippen LogP contribution in [0.4, 0.5) is 8.78 Å². The van der Waals surface area contributed by atoms with Gasteiger partial charge in [0.1, 0.15) is 23.2 Å². The molecule has 1 aromatic heterocycles. The number of ether oxygens (including phenoxy) is 2. The highest BCUT2D eigenvalue weighted by Gasteiger charge is 2.60. The summed E-state index contributed by atoms with van der Waals surface area (Å²) in [5.74, 6) is -2.43. The number of aromatic nitrogens is 2.